The number of aryl methyl sites for hydroxylation is 1. The minimum absolute atomic E-state index is 0.191. The molecule has 1 amide bonds. The molecule has 6 rings (SSSR count). The molecule has 41 heavy (non-hydrogen) atoms. The van der Waals surface area contributed by atoms with Gasteiger partial charge in [-0.15, -0.1) is 21.5 Å². The molecule has 0 atom stereocenters. The van der Waals surface area contributed by atoms with E-state index in [1.807, 2.05) is 64.2 Å². The summed E-state index contributed by atoms with van der Waals surface area (Å²) < 4.78 is 9.24. The number of nitrogens with zero attached hydrogens (tertiary/aromatic N) is 6. The molecule has 0 unspecified atom stereocenters. The van der Waals surface area contributed by atoms with Crippen molar-refractivity contribution in [3.05, 3.63) is 83.0 Å². The van der Waals surface area contributed by atoms with Crippen LogP contribution in [-0.2, 0) is 6.54 Å². The number of carbonyl (C=O) groups is 1. The van der Waals surface area contributed by atoms with Crippen molar-refractivity contribution in [3.63, 3.8) is 0 Å². The standard InChI is InChI=1S/C30H32N8O2S/c1-18(2)38-17-33-36-28(38)30-35-27(15-41-30)34-29(39)23-12-26(37-14-25(32-16-37)21-7-8-21)19(3)11-24(23)31-13-20-5-9-22(40-4)10-6-20/h5-6,9-12,14-18,21,31H,7-8,13H2,1-4H3,(H,34,39). The maximum absolute atomic E-state index is 13.8. The summed E-state index contributed by atoms with van der Waals surface area (Å²) in [6.07, 6.45) is 7.96. The molecular weight excluding hydrogens is 536 g/mol. The number of anilines is 2. The third-order valence-corrected chi connectivity index (χ3v) is 8.00. The molecule has 10 nitrogen and oxygen atoms in total. The van der Waals surface area contributed by atoms with E-state index >= 15 is 0 Å². The molecule has 0 saturated heterocycles. The van der Waals surface area contributed by atoms with Gasteiger partial charge in [-0.05, 0) is 69.0 Å². The largest absolute Gasteiger partial charge is 0.497 e. The monoisotopic (exact) mass is 568 g/mol. The second-order valence-corrected chi connectivity index (χ2v) is 11.4. The molecular formula is C30H32N8O2S. The van der Waals surface area contributed by atoms with Crippen LogP contribution in [0.2, 0.25) is 0 Å². The van der Waals surface area contributed by atoms with Gasteiger partial charge in [0, 0.05) is 35.8 Å². The molecule has 210 valence electrons. The fourth-order valence-electron chi connectivity index (χ4n) is 4.70. The lowest BCUT2D eigenvalue weighted by Gasteiger charge is -2.16. The molecule has 0 radical (unpaired) electrons. The summed E-state index contributed by atoms with van der Waals surface area (Å²) in [5, 5.41) is 17.3. The molecule has 0 bridgehead atoms. The maximum atomic E-state index is 13.8. The fourth-order valence-corrected chi connectivity index (χ4v) is 5.44. The van der Waals surface area contributed by atoms with Crippen molar-refractivity contribution < 1.29 is 9.53 Å². The second-order valence-electron chi connectivity index (χ2n) is 10.5. The molecule has 2 aromatic carbocycles. The van der Waals surface area contributed by atoms with E-state index in [-0.39, 0.29) is 11.9 Å². The lowest BCUT2D eigenvalue weighted by molar-refractivity contribution is 0.102. The molecule has 1 aliphatic carbocycles. The van der Waals surface area contributed by atoms with Crippen molar-refractivity contribution in [1.82, 2.24) is 29.3 Å². The highest BCUT2D eigenvalue weighted by atomic mass is 32.1. The quantitative estimate of drug-likeness (QED) is 0.205. The van der Waals surface area contributed by atoms with Crippen LogP contribution in [0.25, 0.3) is 16.5 Å². The van der Waals surface area contributed by atoms with Gasteiger partial charge in [-0.1, -0.05) is 12.1 Å². The van der Waals surface area contributed by atoms with Gasteiger partial charge < -0.3 is 24.5 Å². The number of nitrogens with one attached hydrogen (secondary N) is 2. The summed E-state index contributed by atoms with van der Waals surface area (Å²) in [7, 11) is 1.65. The first-order valence-corrected chi connectivity index (χ1v) is 14.5. The summed E-state index contributed by atoms with van der Waals surface area (Å²) in [5.41, 5.74) is 5.36. The number of hydrogen-bond acceptors (Lipinski definition) is 8. The van der Waals surface area contributed by atoms with E-state index in [9.17, 15) is 4.79 Å². The third-order valence-electron chi connectivity index (χ3n) is 7.17. The highest BCUT2D eigenvalue weighted by Crippen LogP contribution is 2.39. The lowest BCUT2D eigenvalue weighted by atomic mass is 10.1. The predicted octanol–water partition coefficient (Wildman–Crippen LogP) is 6.23. The predicted molar refractivity (Wildman–Crippen MR) is 160 cm³/mol. The van der Waals surface area contributed by atoms with Gasteiger partial charge in [-0.3, -0.25) is 4.79 Å². The Balaban J connectivity index is 1.29. The Bertz CT molecular complexity index is 1680. The van der Waals surface area contributed by atoms with E-state index < -0.39 is 0 Å². The van der Waals surface area contributed by atoms with Crippen LogP contribution >= 0.6 is 11.3 Å². The molecule has 3 aromatic heterocycles. The van der Waals surface area contributed by atoms with Gasteiger partial charge in [0.15, 0.2) is 10.8 Å². The van der Waals surface area contributed by atoms with Crippen LogP contribution in [0.1, 0.15) is 65.8 Å². The Labute approximate surface area is 242 Å². The van der Waals surface area contributed by atoms with Crippen molar-refractivity contribution in [3.8, 4) is 22.3 Å². The average Bonchev–Trinajstić information content (AvgIpc) is 3.32. The first-order valence-electron chi connectivity index (χ1n) is 13.6. The summed E-state index contributed by atoms with van der Waals surface area (Å²) in [6, 6.07) is 12.0. The number of rotatable bonds is 10. The smallest absolute Gasteiger partial charge is 0.259 e. The Morgan fingerprint density at radius 2 is 1.98 bits per heavy atom. The topological polar surface area (TPSA) is 112 Å². The minimum Gasteiger partial charge on any atom is -0.497 e. The Morgan fingerprint density at radius 1 is 1.17 bits per heavy atom. The molecule has 5 aromatic rings. The van der Waals surface area contributed by atoms with Gasteiger partial charge >= 0.3 is 0 Å². The molecule has 0 aliphatic heterocycles. The molecule has 1 aliphatic rings. The van der Waals surface area contributed by atoms with Gasteiger partial charge in [-0.2, -0.15) is 0 Å². The maximum Gasteiger partial charge on any atom is 0.259 e. The van der Waals surface area contributed by atoms with E-state index in [0.29, 0.717) is 34.7 Å². The van der Waals surface area contributed by atoms with Crippen LogP contribution in [0.4, 0.5) is 11.5 Å². The number of hydrogen-bond donors (Lipinski definition) is 2. The molecule has 2 N–H and O–H groups in total. The number of imidazole rings is 1. The Hall–Kier alpha value is -4.51. The normalized spacial score (nSPS) is 13.0. The zero-order valence-corrected chi connectivity index (χ0v) is 24.3. The zero-order chi connectivity index (χ0) is 28.5. The molecule has 1 saturated carbocycles. The Morgan fingerprint density at radius 3 is 2.71 bits per heavy atom. The molecule has 3 heterocycles. The number of aromatic nitrogens is 6. The molecule has 11 heteroatoms. The van der Waals surface area contributed by atoms with Gasteiger partial charge in [0.2, 0.25) is 0 Å². The average molecular weight is 569 g/mol. The van der Waals surface area contributed by atoms with Gasteiger partial charge in [0.25, 0.3) is 5.91 Å². The van der Waals surface area contributed by atoms with Crippen molar-refractivity contribution in [2.45, 2.75) is 52.1 Å². The zero-order valence-electron chi connectivity index (χ0n) is 23.5. The van der Waals surface area contributed by atoms with Gasteiger partial charge in [0.05, 0.1) is 30.4 Å². The third kappa shape index (κ3) is 5.71. The summed E-state index contributed by atoms with van der Waals surface area (Å²) in [6.45, 7) is 6.72. The van der Waals surface area contributed by atoms with Crippen molar-refractivity contribution in [1.29, 1.82) is 0 Å². The number of benzene rings is 2. The van der Waals surface area contributed by atoms with Gasteiger partial charge in [0.1, 0.15) is 17.9 Å². The van der Waals surface area contributed by atoms with Crippen LogP contribution < -0.4 is 15.4 Å². The van der Waals surface area contributed by atoms with Crippen molar-refractivity contribution in [2.75, 3.05) is 17.7 Å². The summed E-state index contributed by atoms with van der Waals surface area (Å²) >= 11 is 1.42. The van der Waals surface area contributed by atoms with Crippen LogP contribution in [0.5, 0.6) is 5.75 Å². The molecule has 0 spiro atoms. The van der Waals surface area contributed by atoms with Crippen molar-refractivity contribution in [2.24, 2.45) is 0 Å². The van der Waals surface area contributed by atoms with Crippen molar-refractivity contribution >= 4 is 28.7 Å². The molecule has 1 fully saturated rings. The van der Waals surface area contributed by atoms with E-state index in [1.54, 1.807) is 13.4 Å². The number of thiazole rings is 1. The van der Waals surface area contributed by atoms with E-state index in [0.717, 1.165) is 33.9 Å². The second kappa shape index (κ2) is 11.2. The Kier molecular flexibility index (Phi) is 7.27. The van der Waals surface area contributed by atoms with E-state index in [4.69, 9.17) is 4.74 Å². The minimum atomic E-state index is -0.256. The summed E-state index contributed by atoms with van der Waals surface area (Å²) in [5.74, 6) is 2.24. The lowest BCUT2D eigenvalue weighted by Crippen LogP contribution is -2.16. The van der Waals surface area contributed by atoms with Crippen LogP contribution in [0, 0.1) is 6.92 Å². The first-order chi connectivity index (χ1) is 19.9. The first kappa shape index (κ1) is 26.7. The summed E-state index contributed by atoms with van der Waals surface area (Å²) in [4.78, 5) is 23.0. The van der Waals surface area contributed by atoms with Crippen LogP contribution in [-0.4, -0.2) is 42.3 Å². The SMILES string of the molecule is COc1ccc(CNc2cc(C)c(-n3cnc(C4CC4)c3)cc2C(=O)Nc2csc(-c3nncn3C(C)C)n2)cc1. The van der Waals surface area contributed by atoms with Crippen LogP contribution in [0.3, 0.4) is 0 Å². The fraction of sp³-hybridized carbons (Fsp3) is 0.300. The van der Waals surface area contributed by atoms with Gasteiger partial charge in [-0.25, -0.2) is 9.97 Å². The van der Waals surface area contributed by atoms with Crippen LogP contribution in [0.15, 0.2) is 60.6 Å². The highest BCUT2D eigenvalue weighted by molar-refractivity contribution is 7.13. The number of methoxy groups -OCH3 is 1. The number of amides is 1. The van der Waals surface area contributed by atoms with E-state index in [1.165, 1.54) is 24.2 Å². The number of ether oxygens (including phenoxy) is 1. The highest BCUT2D eigenvalue weighted by Gasteiger charge is 2.26. The van der Waals surface area contributed by atoms with E-state index in [2.05, 4.69) is 50.8 Å². The number of carbonyl (C=O) groups excluding carboxylic acids is 1.